The lowest BCUT2D eigenvalue weighted by Gasteiger charge is -2.17. The molecule has 1 aromatic rings. The van der Waals surface area contributed by atoms with Gasteiger partial charge in [-0.3, -0.25) is 0 Å². The lowest BCUT2D eigenvalue weighted by atomic mass is 10.2. The van der Waals surface area contributed by atoms with Gasteiger partial charge in [-0.15, -0.1) is 11.6 Å². The third-order valence-electron chi connectivity index (χ3n) is 2.72. The van der Waals surface area contributed by atoms with Gasteiger partial charge in [0.25, 0.3) is 0 Å². The summed E-state index contributed by atoms with van der Waals surface area (Å²) < 4.78 is 30.8. The molecule has 6 heteroatoms. The van der Waals surface area contributed by atoms with Crippen molar-refractivity contribution >= 4 is 21.6 Å². The van der Waals surface area contributed by atoms with E-state index < -0.39 is 10.0 Å². The zero-order valence-corrected chi connectivity index (χ0v) is 12.9. The average molecular weight is 306 g/mol. The van der Waals surface area contributed by atoms with Crippen molar-refractivity contribution in [2.24, 2.45) is 0 Å². The molecule has 0 heterocycles. The Bertz CT molecular complexity index is 490. The summed E-state index contributed by atoms with van der Waals surface area (Å²) in [6, 6.07) is 7.32. The van der Waals surface area contributed by atoms with E-state index in [2.05, 4.69) is 0 Å². The summed E-state index contributed by atoms with van der Waals surface area (Å²) >= 11 is 5.74. The van der Waals surface area contributed by atoms with Gasteiger partial charge in [-0.25, -0.2) is 12.7 Å². The molecule has 0 radical (unpaired) electrons. The van der Waals surface area contributed by atoms with Gasteiger partial charge in [0.1, 0.15) is 0 Å². The Labute approximate surface area is 120 Å². The molecule has 0 aliphatic carbocycles. The normalized spacial score (nSPS) is 12.0. The first-order valence-electron chi connectivity index (χ1n) is 6.15. The van der Waals surface area contributed by atoms with E-state index in [1.807, 2.05) is 25.1 Å². The van der Waals surface area contributed by atoms with Crippen LogP contribution in [0.4, 0.5) is 0 Å². The zero-order chi connectivity index (χ0) is 14.3. The SMILES string of the molecule is CCOCCN(C)S(=O)(=O)Cc1cccc(CCl)c1. The molecule has 0 saturated carbocycles. The summed E-state index contributed by atoms with van der Waals surface area (Å²) in [5, 5.41) is 0. The molecule has 0 fully saturated rings. The van der Waals surface area contributed by atoms with Gasteiger partial charge in [0.2, 0.25) is 10.0 Å². The fourth-order valence-corrected chi connectivity index (χ4v) is 2.94. The Balaban J connectivity index is 2.67. The second kappa shape index (κ2) is 7.85. The second-order valence-corrected chi connectivity index (χ2v) is 6.57. The van der Waals surface area contributed by atoms with Gasteiger partial charge in [0.05, 0.1) is 12.4 Å². The van der Waals surface area contributed by atoms with Crippen LogP contribution in [0.1, 0.15) is 18.1 Å². The van der Waals surface area contributed by atoms with Gasteiger partial charge in [0.15, 0.2) is 0 Å². The van der Waals surface area contributed by atoms with Crippen LogP contribution in [-0.4, -0.2) is 39.5 Å². The van der Waals surface area contributed by atoms with Crippen LogP contribution < -0.4 is 0 Å². The van der Waals surface area contributed by atoms with Crippen LogP contribution in [0, 0.1) is 0 Å². The Kier molecular flexibility index (Phi) is 6.79. The van der Waals surface area contributed by atoms with Crippen molar-refractivity contribution in [1.82, 2.24) is 4.31 Å². The van der Waals surface area contributed by atoms with Gasteiger partial charge < -0.3 is 4.74 Å². The highest BCUT2D eigenvalue weighted by Crippen LogP contribution is 2.13. The molecule has 0 N–H and O–H groups in total. The molecule has 0 spiro atoms. The number of alkyl halides is 1. The van der Waals surface area contributed by atoms with Crippen LogP contribution in [0.15, 0.2) is 24.3 Å². The van der Waals surface area contributed by atoms with E-state index in [4.69, 9.17) is 16.3 Å². The van der Waals surface area contributed by atoms with Crippen molar-refractivity contribution < 1.29 is 13.2 Å². The lowest BCUT2D eigenvalue weighted by Crippen LogP contribution is -2.31. The van der Waals surface area contributed by atoms with E-state index in [0.717, 1.165) is 11.1 Å². The Morgan fingerprint density at radius 3 is 2.63 bits per heavy atom. The van der Waals surface area contributed by atoms with Crippen molar-refractivity contribution in [2.45, 2.75) is 18.6 Å². The van der Waals surface area contributed by atoms with E-state index in [1.54, 1.807) is 13.1 Å². The van der Waals surface area contributed by atoms with E-state index in [9.17, 15) is 8.42 Å². The second-order valence-electron chi connectivity index (χ2n) is 4.23. The van der Waals surface area contributed by atoms with E-state index >= 15 is 0 Å². The molecule has 19 heavy (non-hydrogen) atoms. The van der Waals surface area contributed by atoms with Gasteiger partial charge in [-0.1, -0.05) is 24.3 Å². The summed E-state index contributed by atoms with van der Waals surface area (Å²) in [5.74, 6) is 0.369. The van der Waals surface area contributed by atoms with Crippen LogP contribution >= 0.6 is 11.6 Å². The number of sulfonamides is 1. The molecule has 4 nitrogen and oxygen atoms in total. The van der Waals surface area contributed by atoms with Crippen LogP contribution in [0.25, 0.3) is 0 Å². The number of ether oxygens (including phenoxy) is 1. The molecular formula is C13H20ClNO3S. The third kappa shape index (κ3) is 5.48. The quantitative estimate of drug-likeness (QED) is 0.546. The van der Waals surface area contributed by atoms with Crippen molar-refractivity contribution in [2.75, 3.05) is 26.8 Å². The minimum atomic E-state index is -3.31. The molecule has 0 saturated heterocycles. The van der Waals surface area contributed by atoms with E-state index in [-0.39, 0.29) is 5.75 Å². The van der Waals surface area contributed by atoms with Gasteiger partial charge in [-0.05, 0) is 18.1 Å². The Hall–Kier alpha value is -0.620. The Morgan fingerprint density at radius 2 is 2.00 bits per heavy atom. The zero-order valence-electron chi connectivity index (χ0n) is 11.3. The molecule has 0 aliphatic heterocycles. The first-order chi connectivity index (χ1) is 8.99. The first-order valence-corrected chi connectivity index (χ1v) is 8.29. The summed E-state index contributed by atoms with van der Waals surface area (Å²) in [4.78, 5) is 0. The van der Waals surface area contributed by atoms with Crippen molar-refractivity contribution in [1.29, 1.82) is 0 Å². The molecule has 0 aliphatic rings. The minimum absolute atomic E-state index is 0.0135. The highest BCUT2D eigenvalue weighted by Gasteiger charge is 2.18. The van der Waals surface area contributed by atoms with Crippen molar-refractivity contribution in [3.05, 3.63) is 35.4 Å². The predicted octanol–water partition coefficient (Wildman–Crippen LogP) is 2.22. The first kappa shape index (κ1) is 16.4. The topological polar surface area (TPSA) is 46.6 Å². The van der Waals surface area contributed by atoms with Crippen LogP contribution in [0.5, 0.6) is 0 Å². The number of hydrogen-bond acceptors (Lipinski definition) is 3. The number of nitrogens with zero attached hydrogens (tertiary/aromatic N) is 1. The van der Waals surface area contributed by atoms with Crippen molar-refractivity contribution in [3.8, 4) is 0 Å². The van der Waals surface area contributed by atoms with E-state index in [0.29, 0.717) is 25.6 Å². The molecule has 0 unspecified atom stereocenters. The third-order valence-corrected chi connectivity index (χ3v) is 4.86. The standard InChI is InChI=1S/C13H20ClNO3S/c1-3-18-8-7-15(2)19(16,17)11-13-6-4-5-12(9-13)10-14/h4-6,9H,3,7-8,10-11H2,1-2H3. The number of halogens is 1. The number of benzene rings is 1. The lowest BCUT2D eigenvalue weighted by molar-refractivity contribution is 0.138. The number of rotatable bonds is 8. The number of likely N-dealkylation sites (N-methyl/N-ethyl adjacent to an activating group) is 1. The molecule has 0 aromatic heterocycles. The van der Waals surface area contributed by atoms with Crippen molar-refractivity contribution in [3.63, 3.8) is 0 Å². The van der Waals surface area contributed by atoms with E-state index in [1.165, 1.54) is 4.31 Å². The molecular weight excluding hydrogens is 286 g/mol. The predicted molar refractivity (Wildman–Crippen MR) is 77.7 cm³/mol. The summed E-state index contributed by atoms with van der Waals surface area (Å²) in [6.07, 6.45) is 0. The van der Waals surface area contributed by atoms with Crippen LogP contribution in [0.3, 0.4) is 0 Å². The summed E-state index contributed by atoms with van der Waals surface area (Å²) in [7, 11) is -1.74. The molecule has 0 amide bonds. The van der Waals surface area contributed by atoms with Gasteiger partial charge in [-0.2, -0.15) is 0 Å². The molecule has 1 aromatic carbocycles. The summed E-state index contributed by atoms with van der Waals surface area (Å²) in [6.45, 7) is 3.25. The molecule has 0 bridgehead atoms. The highest BCUT2D eigenvalue weighted by atomic mass is 35.5. The van der Waals surface area contributed by atoms with Gasteiger partial charge in [0, 0.05) is 26.1 Å². The maximum atomic E-state index is 12.1. The van der Waals surface area contributed by atoms with Gasteiger partial charge >= 0.3 is 0 Å². The maximum absolute atomic E-state index is 12.1. The fraction of sp³-hybridized carbons (Fsp3) is 0.538. The monoisotopic (exact) mass is 305 g/mol. The number of hydrogen-bond donors (Lipinski definition) is 0. The fourth-order valence-electron chi connectivity index (χ4n) is 1.60. The molecule has 1 rings (SSSR count). The maximum Gasteiger partial charge on any atom is 0.218 e. The smallest absolute Gasteiger partial charge is 0.218 e. The molecule has 0 atom stereocenters. The van der Waals surface area contributed by atoms with Crippen LogP contribution in [-0.2, 0) is 26.4 Å². The largest absolute Gasteiger partial charge is 0.380 e. The average Bonchev–Trinajstić information content (AvgIpc) is 2.38. The highest BCUT2D eigenvalue weighted by molar-refractivity contribution is 7.88. The van der Waals surface area contributed by atoms with Crippen LogP contribution in [0.2, 0.25) is 0 Å². The molecule has 108 valence electrons. The minimum Gasteiger partial charge on any atom is -0.380 e. The summed E-state index contributed by atoms with van der Waals surface area (Å²) in [5.41, 5.74) is 1.67. The Morgan fingerprint density at radius 1 is 1.32 bits per heavy atom.